The van der Waals surface area contributed by atoms with Gasteiger partial charge in [0.05, 0.1) is 25.1 Å². The summed E-state index contributed by atoms with van der Waals surface area (Å²) in [5.41, 5.74) is 4.95. The van der Waals surface area contributed by atoms with E-state index in [9.17, 15) is 4.79 Å². The molecule has 0 radical (unpaired) electrons. The number of rotatable bonds is 5. The average molecular weight is 348 g/mol. The topological polar surface area (TPSA) is 51.2 Å². The van der Waals surface area contributed by atoms with Gasteiger partial charge in [-0.15, -0.1) is 0 Å². The van der Waals surface area contributed by atoms with Gasteiger partial charge in [0.2, 0.25) is 5.91 Å². The fourth-order valence-corrected chi connectivity index (χ4v) is 3.39. The minimum atomic E-state index is -0.132. The first-order chi connectivity index (χ1) is 12.5. The van der Waals surface area contributed by atoms with E-state index in [0.29, 0.717) is 6.42 Å². The van der Waals surface area contributed by atoms with E-state index in [1.807, 2.05) is 56.3 Å². The summed E-state index contributed by atoms with van der Waals surface area (Å²) in [5.74, 6) is 0.756. The third-order valence-corrected chi connectivity index (χ3v) is 4.81. The van der Waals surface area contributed by atoms with Crippen LogP contribution < -0.4 is 10.1 Å². The van der Waals surface area contributed by atoms with Crippen LogP contribution in [0.5, 0.6) is 5.75 Å². The molecule has 1 atom stereocenters. The minimum absolute atomic E-state index is 0.0216. The Bertz CT molecular complexity index is 950. The number of hydrogen-bond donors (Lipinski definition) is 1. The Morgan fingerprint density at radius 2 is 1.81 bits per heavy atom. The largest absolute Gasteiger partial charge is 0.496 e. The van der Waals surface area contributed by atoms with Crippen molar-refractivity contribution >= 4 is 16.8 Å². The number of amides is 1. The smallest absolute Gasteiger partial charge is 0.224 e. The van der Waals surface area contributed by atoms with E-state index < -0.39 is 0 Å². The van der Waals surface area contributed by atoms with Crippen LogP contribution in [0.25, 0.3) is 10.9 Å². The maximum absolute atomic E-state index is 12.7. The molecule has 2 aromatic carbocycles. The van der Waals surface area contributed by atoms with Crippen molar-refractivity contribution in [1.82, 2.24) is 10.3 Å². The summed E-state index contributed by atoms with van der Waals surface area (Å²) in [6.07, 6.45) is 0.314. The van der Waals surface area contributed by atoms with E-state index in [-0.39, 0.29) is 11.9 Å². The molecule has 0 aliphatic carbocycles. The van der Waals surface area contributed by atoms with Crippen molar-refractivity contribution in [2.45, 2.75) is 33.2 Å². The van der Waals surface area contributed by atoms with Gasteiger partial charge in [0.1, 0.15) is 5.75 Å². The predicted octanol–water partition coefficient (Wildman–Crippen LogP) is 4.28. The van der Waals surface area contributed by atoms with Crippen molar-refractivity contribution < 1.29 is 9.53 Å². The van der Waals surface area contributed by atoms with Crippen molar-refractivity contribution in [2.24, 2.45) is 0 Å². The highest BCUT2D eigenvalue weighted by molar-refractivity contribution is 5.86. The number of pyridine rings is 1. The number of nitrogens with one attached hydrogen (secondary N) is 1. The second-order valence-corrected chi connectivity index (χ2v) is 6.53. The first-order valence-corrected chi connectivity index (χ1v) is 8.78. The quantitative estimate of drug-likeness (QED) is 0.749. The van der Waals surface area contributed by atoms with E-state index in [1.165, 1.54) is 0 Å². The van der Waals surface area contributed by atoms with E-state index in [2.05, 4.69) is 23.3 Å². The Labute approximate surface area is 154 Å². The first kappa shape index (κ1) is 17.9. The molecule has 26 heavy (non-hydrogen) atoms. The fraction of sp³-hybridized carbons (Fsp3) is 0.273. The molecule has 0 spiro atoms. The number of aryl methyl sites for hydroxylation is 2. The van der Waals surface area contributed by atoms with Crippen LogP contribution in [-0.4, -0.2) is 18.0 Å². The van der Waals surface area contributed by atoms with Crippen LogP contribution in [0.15, 0.2) is 48.5 Å². The number of hydrogen-bond acceptors (Lipinski definition) is 3. The molecule has 4 heteroatoms. The summed E-state index contributed by atoms with van der Waals surface area (Å²) in [7, 11) is 1.64. The lowest BCUT2D eigenvalue weighted by Gasteiger charge is -2.18. The molecule has 0 fully saturated rings. The molecule has 0 saturated carbocycles. The minimum Gasteiger partial charge on any atom is -0.496 e. The molecule has 0 saturated heterocycles. The van der Waals surface area contributed by atoms with Gasteiger partial charge in [-0.1, -0.05) is 36.4 Å². The van der Waals surface area contributed by atoms with Crippen LogP contribution in [0.3, 0.4) is 0 Å². The second kappa shape index (κ2) is 7.56. The highest BCUT2D eigenvalue weighted by atomic mass is 16.5. The Morgan fingerprint density at radius 3 is 2.58 bits per heavy atom. The van der Waals surface area contributed by atoms with Gasteiger partial charge in [0.15, 0.2) is 0 Å². The molecule has 4 nitrogen and oxygen atoms in total. The fourth-order valence-electron chi connectivity index (χ4n) is 3.39. The summed E-state index contributed by atoms with van der Waals surface area (Å²) in [6, 6.07) is 15.6. The molecule has 1 unspecified atom stereocenters. The number of nitrogens with zero attached hydrogens (tertiary/aromatic N) is 1. The molecule has 0 aliphatic rings. The maximum atomic E-state index is 12.7. The Morgan fingerprint density at radius 1 is 1.12 bits per heavy atom. The van der Waals surface area contributed by atoms with Gasteiger partial charge in [0, 0.05) is 16.6 Å². The molecular formula is C22H24N2O2. The van der Waals surface area contributed by atoms with Gasteiger partial charge < -0.3 is 10.1 Å². The molecule has 134 valence electrons. The average Bonchev–Trinajstić information content (AvgIpc) is 2.65. The number of methoxy groups -OCH3 is 1. The first-order valence-electron chi connectivity index (χ1n) is 8.78. The number of carbonyl (C=O) groups excluding carboxylic acids is 1. The zero-order chi connectivity index (χ0) is 18.7. The SMILES string of the molecule is COc1ccccc1C(C)NC(=O)Cc1c(C)nc2ccccc2c1C. The van der Waals surface area contributed by atoms with Crippen molar-refractivity contribution in [1.29, 1.82) is 0 Å². The van der Waals surface area contributed by atoms with Crippen LogP contribution in [0.4, 0.5) is 0 Å². The van der Waals surface area contributed by atoms with Crippen LogP contribution in [0.1, 0.15) is 35.3 Å². The van der Waals surface area contributed by atoms with Gasteiger partial charge in [-0.3, -0.25) is 9.78 Å². The molecule has 1 amide bonds. The standard InChI is InChI=1S/C22H24N2O2/c1-14-17-9-5-7-11-20(17)23-16(3)19(14)13-22(25)24-15(2)18-10-6-8-12-21(18)26-4/h5-12,15H,13H2,1-4H3,(H,24,25). The van der Waals surface area contributed by atoms with Gasteiger partial charge in [0.25, 0.3) is 0 Å². The summed E-state index contributed by atoms with van der Waals surface area (Å²) in [4.78, 5) is 17.3. The van der Waals surface area contributed by atoms with E-state index in [4.69, 9.17) is 4.74 Å². The van der Waals surface area contributed by atoms with Crippen LogP contribution in [0, 0.1) is 13.8 Å². The highest BCUT2D eigenvalue weighted by Gasteiger charge is 2.17. The van der Waals surface area contributed by atoms with E-state index in [1.54, 1.807) is 7.11 Å². The molecular weight excluding hydrogens is 324 g/mol. The zero-order valence-corrected chi connectivity index (χ0v) is 15.7. The van der Waals surface area contributed by atoms with Crippen LogP contribution >= 0.6 is 0 Å². The Hall–Kier alpha value is -2.88. The highest BCUT2D eigenvalue weighted by Crippen LogP contribution is 2.25. The molecule has 0 bridgehead atoms. The monoisotopic (exact) mass is 348 g/mol. The lowest BCUT2D eigenvalue weighted by molar-refractivity contribution is -0.121. The Balaban J connectivity index is 1.81. The number of ether oxygens (including phenoxy) is 1. The normalized spacial score (nSPS) is 12.0. The van der Waals surface area contributed by atoms with Crippen molar-refractivity contribution in [3.63, 3.8) is 0 Å². The van der Waals surface area contributed by atoms with Crippen molar-refractivity contribution in [3.05, 3.63) is 70.9 Å². The lowest BCUT2D eigenvalue weighted by atomic mass is 9.99. The molecule has 3 rings (SSSR count). The van der Waals surface area contributed by atoms with E-state index in [0.717, 1.165) is 39.0 Å². The predicted molar refractivity (Wildman–Crippen MR) is 104 cm³/mol. The van der Waals surface area contributed by atoms with Crippen molar-refractivity contribution in [2.75, 3.05) is 7.11 Å². The Kier molecular flexibility index (Phi) is 5.21. The molecule has 0 aliphatic heterocycles. The van der Waals surface area contributed by atoms with Gasteiger partial charge in [-0.25, -0.2) is 0 Å². The summed E-state index contributed by atoms with van der Waals surface area (Å²) in [5, 5.41) is 4.17. The van der Waals surface area contributed by atoms with Crippen molar-refractivity contribution in [3.8, 4) is 5.75 Å². The molecule has 1 heterocycles. The van der Waals surface area contributed by atoms with Gasteiger partial charge >= 0.3 is 0 Å². The lowest BCUT2D eigenvalue weighted by Crippen LogP contribution is -2.29. The molecule has 3 aromatic rings. The molecule has 1 aromatic heterocycles. The van der Waals surface area contributed by atoms with Crippen LogP contribution in [-0.2, 0) is 11.2 Å². The van der Waals surface area contributed by atoms with E-state index >= 15 is 0 Å². The maximum Gasteiger partial charge on any atom is 0.224 e. The number of para-hydroxylation sites is 2. The number of carbonyl (C=O) groups is 1. The van der Waals surface area contributed by atoms with Gasteiger partial charge in [-0.2, -0.15) is 0 Å². The summed E-state index contributed by atoms with van der Waals surface area (Å²) >= 11 is 0. The second-order valence-electron chi connectivity index (χ2n) is 6.53. The third-order valence-electron chi connectivity index (χ3n) is 4.81. The summed E-state index contributed by atoms with van der Waals surface area (Å²) in [6.45, 7) is 5.99. The molecule has 1 N–H and O–H groups in total. The van der Waals surface area contributed by atoms with Crippen LogP contribution in [0.2, 0.25) is 0 Å². The van der Waals surface area contributed by atoms with Gasteiger partial charge in [-0.05, 0) is 44.0 Å². The number of aromatic nitrogens is 1. The summed E-state index contributed by atoms with van der Waals surface area (Å²) < 4.78 is 5.39. The third kappa shape index (κ3) is 3.54. The number of fused-ring (bicyclic) bond motifs is 1. The zero-order valence-electron chi connectivity index (χ0n) is 15.7. The number of benzene rings is 2.